The molecule has 0 amide bonds. The van der Waals surface area contributed by atoms with Gasteiger partial charge in [0, 0.05) is 19.0 Å². The minimum Gasteiger partial charge on any atom is -0.481 e. The summed E-state index contributed by atoms with van der Waals surface area (Å²) in [6.45, 7) is 2.13. The van der Waals surface area contributed by atoms with Crippen LogP contribution in [0.5, 0.6) is 0 Å². The third kappa shape index (κ3) is 2.42. The molecule has 0 radical (unpaired) electrons. The summed E-state index contributed by atoms with van der Waals surface area (Å²) in [5.74, 6) is -1.36. The Kier molecular flexibility index (Phi) is 3.44. The van der Waals surface area contributed by atoms with Crippen LogP contribution in [0.15, 0.2) is 0 Å². The van der Waals surface area contributed by atoms with Crippen molar-refractivity contribution in [2.75, 3.05) is 20.1 Å². The zero-order valence-electron chi connectivity index (χ0n) is 11.9. The van der Waals surface area contributed by atoms with Crippen LogP contribution in [0.25, 0.3) is 0 Å². The van der Waals surface area contributed by atoms with Gasteiger partial charge >= 0.3 is 11.9 Å². The largest absolute Gasteiger partial charge is 0.481 e. The molecule has 0 bridgehead atoms. The van der Waals surface area contributed by atoms with E-state index < -0.39 is 17.9 Å². The quantitative estimate of drug-likeness (QED) is 0.849. The van der Waals surface area contributed by atoms with E-state index in [0.29, 0.717) is 25.1 Å². The fourth-order valence-corrected chi connectivity index (χ4v) is 3.42. The van der Waals surface area contributed by atoms with Gasteiger partial charge in [0.15, 0.2) is 5.69 Å². The first-order chi connectivity index (χ1) is 9.97. The van der Waals surface area contributed by atoms with Gasteiger partial charge in [-0.3, -0.25) is 4.79 Å². The van der Waals surface area contributed by atoms with Gasteiger partial charge in [-0.2, -0.15) is 0 Å². The molecule has 2 aliphatic heterocycles. The van der Waals surface area contributed by atoms with Crippen LogP contribution in [-0.2, 0) is 17.8 Å². The van der Waals surface area contributed by atoms with E-state index in [1.807, 2.05) is 11.6 Å². The minimum atomic E-state index is -1.02. The van der Waals surface area contributed by atoms with Crippen molar-refractivity contribution in [2.24, 2.45) is 5.92 Å². The molecule has 1 saturated heterocycles. The molecule has 0 aromatic carbocycles. The highest BCUT2D eigenvalue weighted by molar-refractivity contribution is 5.87. The molecule has 1 aromatic heterocycles. The second kappa shape index (κ2) is 5.14. The van der Waals surface area contributed by atoms with Gasteiger partial charge < -0.3 is 19.7 Å². The van der Waals surface area contributed by atoms with E-state index >= 15 is 0 Å². The lowest BCUT2D eigenvalue weighted by molar-refractivity contribution is -0.142. The molecule has 21 heavy (non-hydrogen) atoms. The van der Waals surface area contributed by atoms with Crippen LogP contribution in [0, 0.1) is 5.92 Å². The fourth-order valence-electron chi connectivity index (χ4n) is 3.42. The predicted molar refractivity (Wildman–Crippen MR) is 73.5 cm³/mol. The van der Waals surface area contributed by atoms with Gasteiger partial charge in [0.05, 0.1) is 11.6 Å². The third-order valence-corrected chi connectivity index (χ3v) is 4.54. The molecule has 3 heterocycles. The topological polar surface area (TPSA) is 95.7 Å². The number of rotatable bonds is 3. The Morgan fingerprint density at radius 2 is 2.00 bits per heavy atom. The lowest BCUT2D eigenvalue weighted by Gasteiger charge is -2.24. The highest BCUT2D eigenvalue weighted by atomic mass is 16.4. The van der Waals surface area contributed by atoms with Crippen molar-refractivity contribution in [2.45, 2.75) is 31.7 Å². The Morgan fingerprint density at radius 3 is 2.57 bits per heavy atom. The van der Waals surface area contributed by atoms with E-state index in [0.717, 1.165) is 25.3 Å². The van der Waals surface area contributed by atoms with Crippen molar-refractivity contribution in [1.82, 2.24) is 14.5 Å². The second-order valence-corrected chi connectivity index (χ2v) is 6.00. The molecule has 7 heteroatoms. The number of hydrogen-bond donors (Lipinski definition) is 2. The van der Waals surface area contributed by atoms with Gasteiger partial charge in [0.2, 0.25) is 0 Å². The fraction of sp³-hybridized carbons (Fsp3) is 0.643. The van der Waals surface area contributed by atoms with Crippen molar-refractivity contribution in [3.05, 3.63) is 17.2 Å². The summed E-state index contributed by atoms with van der Waals surface area (Å²) >= 11 is 0. The predicted octanol–water partition coefficient (Wildman–Crippen LogP) is 0.647. The average molecular weight is 293 g/mol. The molecule has 3 rings (SSSR count). The van der Waals surface area contributed by atoms with Crippen LogP contribution >= 0.6 is 0 Å². The zero-order valence-corrected chi connectivity index (χ0v) is 11.9. The first kappa shape index (κ1) is 14.1. The van der Waals surface area contributed by atoms with Crippen LogP contribution < -0.4 is 0 Å². The molecule has 1 fully saturated rings. The Labute approximate surface area is 122 Å². The molecule has 0 saturated carbocycles. The van der Waals surface area contributed by atoms with Crippen molar-refractivity contribution in [1.29, 1.82) is 0 Å². The van der Waals surface area contributed by atoms with Crippen molar-refractivity contribution in [3.8, 4) is 0 Å². The monoisotopic (exact) mass is 293 g/mol. The molecule has 114 valence electrons. The van der Waals surface area contributed by atoms with E-state index in [9.17, 15) is 19.8 Å². The van der Waals surface area contributed by atoms with Crippen molar-refractivity contribution >= 4 is 11.9 Å². The lowest BCUT2D eigenvalue weighted by Crippen LogP contribution is -2.28. The van der Waals surface area contributed by atoms with Gasteiger partial charge in [-0.15, -0.1) is 0 Å². The number of likely N-dealkylation sites (tertiary alicyclic amines) is 1. The summed E-state index contributed by atoms with van der Waals surface area (Å²) in [5.41, 5.74) is 0.785. The number of nitrogens with zero attached hydrogens (tertiary/aromatic N) is 3. The lowest BCUT2D eigenvalue weighted by atomic mass is 9.96. The smallest absolute Gasteiger partial charge is 0.356 e. The summed E-state index contributed by atoms with van der Waals surface area (Å²) in [7, 11) is 2.03. The molecule has 0 spiro atoms. The van der Waals surface area contributed by atoms with Crippen LogP contribution in [0.2, 0.25) is 0 Å². The number of carbonyl (C=O) groups is 2. The summed E-state index contributed by atoms with van der Waals surface area (Å²) in [5, 5.41) is 18.5. The molecular weight excluding hydrogens is 274 g/mol. The normalized spacial score (nSPS) is 25.8. The molecule has 2 aliphatic rings. The third-order valence-electron chi connectivity index (χ3n) is 4.54. The van der Waals surface area contributed by atoms with Gasteiger partial charge in [-0.1, -0.05) is 0 Å². The Balaban J connectivity index is 2.00. The Hall–Kier alpha value is -1.89. The van der Waals surface area contributed by atoms with E-state index in [-0.39, 0.29) is 11.6 Å². The number of imidazole rings is 1. The molecule has 2 unspecified atom stereocenters. The van der Waals surface area contributed by atoms with Crippen molar-refractivity contribution in [3.63, 3.8) is 0 Å². The number of aromatic nitrogens is 2. The SMILES string of the molecule is CN1CCC(c2nc(C(=O)O)c3n2CC(C(=O)O)CC3)C1. The summed E-state index contributed by atoms with van der Waals surface area (Å²) in [4.78, 5) is 29.1. The highest BCUT2D eigenvalue weighted by Gasteiger charge is 2.34. The maximum atomic E-state index is 11.4. The second-order valence-electron chi connectivity index (χ2n) is 6.00. The number of hydrogen-bond acceptors (Lipinski definition) is 4. The molecule has 0 aliphatic carbocycles. The van der Waals surface area contributed by atoms with Gasteiger partial charge in [0.1, 0.15) is 5.82 Å². The van der Waals surface area contributed by atoms with Crippen LogP contribution in [0.4, 0.5) is 0 Å². The van der Waals surface area contributed by atoms with Crippen LogP contribution in [-0.4, -0.2) is 56.7 Å². The number of likely N-dealkylation sites (N-methyl/N-ethyl adjacent to an activating group) is 1. The average Bonchev–Trinajstić information content (AvgIpc) is 3.01. The molecule has 7 nitrogen and oxygen atoms in total. The van der Waals surface area contributed by atoms with E-state index in [2.05, 4.69) is 9.88 Å². The van der Waals surface area contributed by atoms with Gasteiger partial charge in [0.25, 0.3) is 0 Å². The van der Waals surface area contributed by atoms with E-state index in [4.69, 9.17) is 0 Å². The Morgan fingerprint density at radius 1 is 1.24 bits per heavy atom. The maximum Gasteiger partial charge on any atom is 0.356 e. The number of aromatic carboxylic acids is 1. The highest BCUT2D eigenvalue weighted by Crippen LogP contribution is 2.32. The molecule has 1 aromatic rings. The molecule has 2 N–H and O–H groups in total. The van der Waals surface area contributed by atoms with Crippen LogP contribution in [0.1, 0.15) is 40.8 Å². The summed E-state index contributed by atoms with van der Waals surface area (Å²) in [6.07, 6.45) is 1.88. The number of carboxylic acid groups (broad SMARTS) is 2. The molecular formula is C14H19N3O4. The van der Waals surface area contributed by atoms with E-state index in [1.165, 1.54) is 0 Å². The summed E-state index contributed by atoms with van der Waals surface area (Å²) < 4.78 is 1.86. The van der Waals surface area contributed by atoms with Crippen LogP contribution in [0.3, 0.4) is 0 Å². The number of aliphatic carboxylic acids is 1. The maximum absolute atomic E-state index is 11.4. The first-order valence-electron chi connectivity index (χ1n) is 7.21. The Bertz CT molecular complexity index is 595. The number of carboxylic acids is 2. The zero-order chi connectivity index (χ0) is 15.1. The van der Waals surface area contributed by atoms with Crippen molar-refractivity contribution < 1.29 is 19.8 Å². The summed E-state index contributed by atoms with van der Waals surface area (Å²) in [6, 6.07) is 0. The molecule has 2 atom stereocenters. The van der Waals surface area contributed by atoms with E-state index in [1.54, 1.807) is 0 Å². The standard InChI is InChI=1S/C14H19N3O4/c1-16-5-4-8(6-16)12-15-11(14(20)21)10-3-2-9(13(18)19)7-17(10)12/h8-9H,2-7H2,1H3,(H,18,19)(H,20,21). The minimum absolute atomic E-state index is 0.100. The first-order valence-corrected chi connectivity index (χ1v) is 7.21. The number of fused-ring (bicyclic) bond motifs is 1. The van der Waals surface area contributed by atoms with Gasteiger partial charge in [-0.25, -0.2) is 9.78 Å². The van der Waals surface area contributed by atoms with Gasteiger partial charge in [-0.05, 0) is 32.9 Å².